The van der Waals surface area contributed by atoms with Crippen molar-refractivity contribution in [3.63, 3.8) is 0 Å². The van der Waals surface area contributed by atoms with E-state index in [-0.39, 0.29) is 6.10 Å². The van der Waals surface area contributed by atoms with Gasteiger partial charge in [0.15, 0.2) is 0 Å². The molecule has 0 aromatic heterocycles. The van der Waals surface area contributed by atoms with Crippen LogP contribution in [-0.4, -0.2) is 30.8 Å². The number of rotatable bonds is 6. The van der Waals surface area contributed by atoms with Crippen LogP contribution in [0.2, 0.25) is 5.02 Å². The van der Waals surface area contributed by atoms with Crippen molar-refractivity contribution in [3.05, 3.63) is 28.8 Å². The van der Waals surface area contributed by atoms with Gasteiger partial charge in [-0.25, -0.2) is 0 Å². The molecule has 0 saturated heterocycles. The highest BCUT2D eigenvalue weighted by atomic mass is 35.5. The van der Waals surface area contributed by atoms with Gasteiger partial charge < -0.3 is 15.3 Å². The van der Waals surface area contributed by atoms with Crippen molar-refractivity contribution < 1.29 is 5.11 Å². The van der Waals surface area contributed by atoms with E-state index in [2.05, 4.69) is 16.3 Å². The first-order valence-corrected chi connectivity index (χ1v) is 6.85. The Morgan fingerprint density at radius 3 is 2.83 bits per heavy atom. The van der Waals surface area contributed by atoms with Crippen LogP contribution in [0.1, 0.15) is 25.3 Å². The van der Waals surface area contributed by atoms with Crippen LogP contribution < -0.4 is 10.2 Å². The average Bonchev–Trinajstić information content (AvgIpc) is 3.10. The lowest BCUT2D eigenvalue weighted by Crippen LogP contribution is -2.28. The topological polar surface area (TPSA) is 35.5 Å². The Morgan fingerprint density at radius 1 is 1.50 bits per heavy atom. The molecule has 1 saturated carbocycles. The number of aliphatic hydroxyl groups is 1. The molecule has 18 heavy (non-hydrogen) atoms. The lowest BCUT2D eigenvalue weighted by molar-refractivity contribution is 0.201. The number of hydrogen-bond acceptors (Lipinski definition) is 3. The molecule has 0 amide bonds. The molecule has 1 aliphatic rings. The molecule has 0 bridgehead atoms. The predicted molar refractivity (Wildman–Crippen MR) is 76.3 cm³/mol. The van der Waals surface area contributed by atoms with Crippen LogP contribution in [0.4, 0.5) is 5.69 Å². The first-order chi connectivity index (χ1) is 8.56. The van der Waals surface area contributed by atoms with Crippen molar-refractivity contribution in [1.29, 1.82) is 0 Å². The molecular formula is C14H21ClN2O. The number of benzene rings is 1. The number of hydrogen-bond donors (Lipinski definition) is 2. The minimum Gasteiger partial charge on any atom is -0.392 e. The van der Waals surface area contributed by atoms with Gasteiger partial charge in [-0.15, -0.1) is 0 Å². The first-order valence-electron chi connectivity index (χ1n) is 6.47. The minimum absolute atomic E-state index is 0.349. The van der Waals surface area contributed by atoms with E-state index >= 15 is 0 Å². The fourth-order valence-electron chi connectivity index (χ4n) is 2.08. The van der Waals surface area contributed by atoms with E-state index in [9.17, 15) is 5.11 Å². The molecular weight excluding hydrogens is 248 g/mol. The minimum atomic E-state index is -0.349. The predicted octanol–water partition coefficient (Wildman–Crippen LogP) is 2.41. The molecule has 1 atom stereocenters. The van der Waals surface area contributed by atoms with Gasteiger partial charge in [-0.05, 0) is 37.5 Å². The van der Waals surface area contributed by atoms with Crippen molar-refractivity contribution in [2.75, 3.05) is 18.5 Å². The average molecular weight is 269 g/mol. The summed E-state index contributed by atoms with van der Waals surface area (Å²) in [7, 11) is 1.99. The third-order valence-corrected chi connectivity index (χ3v) is 3.39. The summed E-state index contributed by atoms with van der Waals surface area (Å²) in [6.45, 7) is 3.27. The lowest BCUT2D eigenvalue weighted by Gasteiger charge is -2.24. The van der Waals surface area contributed by atoms with Gasteiger partial charge in [-0.2, -0.15) is 0 Å². The molecule has 1 fully saturated rings. The summed E-state index contributed by atoms with van der Waals surface area (Å²) >= 11 is 6.06. The summed E-state index contributed by atoms with van der Waals surface area (Å²) in [5.74, 6) is 0. The molecule has 0 heterocycles. The van der Waals surface area contributed by atoms with Gasteiger partial charge in [0.2, 0.25) is 0 Å². The zero-order chi connectivity index (χ0) is 13.1. The van der Waals surface area contributed by atoms with E-state index in [1.54, 1.807) is 6.92 Å². The maximum atomic E-state index is 9.48. The Kier molecular flexibility index (Phi) is 4.49. The van der Waals surface area contributed by atoms with E-state index in [0.717, 1.165) is 17.3 Å². The van der Waals surface area contributed by atoms with Crippen LogP contribution in [-0.2, 0) is 6.54 Å². The van der Waals surface area contributed by atoms with Crippen molar-refractivity contribution in [3.8, 4) is 0 Å². The van der Waals surface area contributed by atoms with Gasteiger partial charge in [0.1, 0.15) is 0 Å². The van der Waals surface area contributed by atoms with E-state index in [4.69, 9.17) is 11.6 Å². The summed E-state index contributed by atoms with van der Waals surface area (Å²) in [5, 5.41) is 13.7. The van der Waals surface area contributed by atoms with Crippen molar-refractivity contribution in [1.82, 2.24) is 5.32 Å². The third-order valence-electron chi connectivity index (χ3n) is 3.16. The Bertz CT molecular complexity index is 405. The summed E-state index contributed by atoms with van der Waals surface area (Å²) < 4.78 is 0. The highest BCUT2D eigenvalue weighted by molar-refractivity contribution is 6.30. The van der Waals surface area contributed by atoms with Gasteiger partial charge >= 0.3 is 0 Å². The van der Waals surface area contributed by atoms with Crippen LogP contribution >= 0.6 is 11.6 Å². The molecule has 2 N–H and O–H groups in total. The maximum Gasteiger partial charge on any atom is 0.0686 e. The van der Waals surface area contributed by atoms with Crippen molar-refractivity contribution in [2.24, 2.45) is 0 Å². The molecule has 1 aromatic rings. The number of aliphatic hydroxyl groups excluding tert-OH is 1. The van der Waals surface area contributed by atoms with E-state index < -0.39 is 0 Å². The summed E-state index contributed by atoms with van der Waals surface area (Å²) in [6.07, 6.45) is 2.22. The Hall–Kier alpha value is -0.770. The quantitative estimate of drug-likeness (QED) is 0.832. The SMILES string of the molecule is CC(O)CN(C)c1cc(Cl)ccc1CNC1CC1. The molecule has 4 heteroatoms. The Balaban J connectivity index is 2.10. The first kappa shape index (κ1) is 13.7. The number of likely N-dealkylation sites (N-methyl/N-ethyl adjacent to an activating group) is 1. The largest absolute Gasteiger partial charge is 0.392 e. The van der Waals surface area contributed by atoms with Gasteiger partial charge in [0.25, 0.3) is 0 Å². The van der Waals surface area contributed by atoms with Crippen LogP contribution in [0.15, 0.2) is 18.2 Å². The summed E-state index contributed by atoms with van der Waals surface area (Å²) in [6, 6.07) is 6.64. The van der Waals surface area contributed by atoms with E-state index in [0.29, 0.717) is 12.6 Å². The van der Waals surface area contributed by atoms with Gasteiger partial charge in [-0.3, -0.25) is 0 Å². The Morgan fingerprint density at radius 2 is 2.22 bits per heavy atom. The van der Waals surface area contributed by atoms with Crippen molar-refractivity contribution in [2.45, 2.75) is 38.5 Å². The second-order valence-corrected chi connectivity index (χ2v) is 5.59. The number of anilines is 1. The molecule has 0 radical (unpaired) electrons. The monoisotopic (exact) mass is 268 g/mol. The fourth-order valence-corrected chi connectivity index (χ4v) is 2.24. The zero-order valence-electron chi connectivity index (χ0n) is 11.0. The molecule has 0 aliphatic heterocycles. The lowest BCUT2D eigenvalue weighted by atomic mass is 10.1. The van der Waals surface area contributed by atoms with Crippen LogP contribution in [0, 0.1) is 0 Å². The second-order valence-electron chi connectivity index (χ2n) is 5.16. The van der Waals surface area contributed by atoms with Gasteiger partial charge in [-0.1, -0.05) is 17.7 Å². The van der Waals surface area contributed by atoms with Gasteiger partial charge in [0.05, 0.1) is 6.10 Å². The highest BCUT2D eigenvalue weighted by Crippen LogP contribution is 2.26. The summed E-state index contributed by atoms with van der Waals surface area (Å²) in [4.78, 5) is 2.06. The number of nitrogens with zero attached hydrogens (tertiary/aromatic N) is 1. The van der Waals surface area contributed by atoms with E-state index in [1.807, 2.05) is 19.2 Å². The Labute approximate surface area is 114 Å². The number of halogens is 1. The van der Waals surface area contributed by atoms with Gasteiger partial charge in [0, 0.05) is 36.9 Å². The second kappa shape index (κ2) is 5.91. The molecule has 1 aromatic carbocycles. The molecule has 1 unspecified atom stereocenters. The molecule has 0 spiro atoms. The smallest absolute Gasteiger partial charge is 0.0686 e. The highest BCUT2D eigenvalue weighted by Gasteiger charge is 2.21. The molecule has 2 rings (SSSR count). The van der Waals surface area contributed by atoms with Crippen LogP contribution in [0.25, 0.3) is 0 Å². The maximum absolute atomic E-state index is 9.48. The third kappa shape index (κ3) is 3.87. The fraction of sp³-hybridized carbons (Fsp3) is 0.571. The molecule has 100 valence electrons. The zero-order valence-corrected chi connectivity index (χ0v) is 11.7. The van der Waals surface area contributed by atoms with Crippen LogP contribution in [0.3, 0.4) is 0 Å². The molecule has 3 nitrogen and oxygen atoms in total. The van der Waals surface area contributed by atoms with Crippen LogP contribution in [0.5, 0.6) is 0 Å². The van der Waals surface area contributed by atoms with E-state index in [1.165, 1.54) is 18.4 Å². The molecule has 1 aliphatic carbocycles. The summed E-state index contributed by atoms with van der Waals surface area (Å²) in [5.41, 5.74) is 2.33. The van der Waals surface area contributed by atoms with Crippen molar-refractivity contribution >= 4 is 17.3 Å². The number of nitrogens with one attached hydrogen (secondary N) is 1. The standard InChI is InChI=1S/C14H21ClN2O/c1-10(18)9-17(2)14-7-12(15)4-3-11(14)8-16-13-5-6-13/h3-4,7,10,13,16,18H,5-6,8-9H2,1-2H3. The normalized spacial score (nSPS) is 16.7.